The Morgan fingerprint density at radius 2 is 2.00 bits per heavy atom. The van der Waals surface area contributed by atoms with Crippen molar-refractivity contribution in [1.29, 1.82) is 0 Å². The molecule has 1 atom stereocenters. The quantitative estimate of drug-likeness (QED) is 0.941. The minimum absolute atomic E-state index is 0.175. The van der Waals surface area contributed by atoms with Gasteiger partial charge in [0.2, 0.25) is 5.91 Å². The van der Waals surface area contributed by atoms with Gasteiger partial charge in [-0.2, -0.15) is 0 Å². The highest BCUT2D eigenvalue weighted by Gasteiger charge is 2.33. The van der Waals surface area contributed by atoms with Crippen molar-refractivity contribution in [3.63, 3.8) is 0 Å². The first-order valence-corrected chi connectivity index (χ1v) is 7.95. The predicted octanol–water partition coefficient (Wildman–Crippen LogP) is 2.32. The van der Waals surface area contributed by atoms with E-state index in [1.807, 2.05) is 30.3 Å². The SMILES string of the molecule is Cc1ccc(C(=O)N2CCNC(=O)[C@H]2Cc2ccccc2)cc1F. The van der Waals surface area contributed by atoms with Crippen molar-refractivity contribution in [1.82, 2.24) is 10.2 Å². The summed E-state index contributed by atoms with van der Waals surface area (Å²) < 4.78 is 13.8. The molecule has 0 aromatic heterocycles. The second kappa shape index (κ2) is 6.83. The molecule has 0 saturated carbocycles. The van der Waals surface area contributed by atoms with E-state index in [0.29, 0.717) is 25.1 Å². The molecule has 4 nitrogen and oxygen atoms in total. The van der Waals surface area contributed by atoms with Crippen LogP contribution in [0.4, 0.5) is 4.39 Å². The highest BCUT2D eigenvalue weighted by molar-refractivity contribution is 5.98. The van der Waals surface area contributed by atoms with Crippen molar-refractivity contribution >= 4 is 11.8 Å². The molecule has 0 unspecified atom stereocenters. The average Bonchev–Trinajstić information content (AvgIpc) is 2.59. The minimum Gasteiger partial charge on any atom is -0.353 e. The minimum atomic E-state index is -0.585. The number of hydrogen-bond acceptors (Lipinski definition) is 2. The highest BCUT2D eigenvalue weighted by atomic mass is 19.1. The lowest BCUT2D eigenvalue weighted by atomic mass is 10.0. The number of rotatable bonds is 3. The molecule has 1 heterocycles. The Balaban J connectivity index is 1.86. The third-order valence-corrected chi connectivity index (χ3v) is 4.28. The average molecular weight is 326 g/mol. The lowest BCUT2D eigenvalue weighted by Crippen LogP contribution is -2.58. The van der Waals surface area contributed by atoms with Gasteiger partial charge in [-0.3, -0.25) is 9.59 Å². The molecule has 1 fully saturated rings. The number of aryl methyl sites for hydroxylation is 1. The lowest BCUT2D eigenvalue weighted by Gasteiger charge is -2.35. The molecule has 24 heavy (non-hydrogen) atoms. The van der Waals surface area contributed by atoms with Crippen molar-refractivity contribution in [2.24, 2.45) is 0 Å². The van der Waals surface area contributed by atoms with Crippen molar-refractivity contribution < 1.29 is 14.0 Å². The van der Waals surface area contributed by atoms with Crippen molar-refractivity contribution in [3.8, 4) is 0 Å². The van der Waals surface area contributed by atoms with Crippen molar-refractivity contribution in [2.75, 3.05) is 13.1 Å². The van der Waals surface area contributed by atoms with E-state index in [4.69, 9.17) is 0 Å². The zero-order chi connectivity index (χ0) is 17.1. The van der Waals surface area contributed by atoms with Crippen LogP contribution in [0.15, 0.2) is 48.5 Å². The van der Waals surface area contributed by atoms with Crippen LogP contribution in [0.2, 0.25) is 0 Å². The van der Waals surface area contributed by atoms with Crippen LogP contribution >= 0.6 is 0 Å². The van der Waals surface area contributed by atoms with Gasteiger partial charge in [0, 0.05) is 25.1 Å². The number of amides is 2. The van der Waals surface area contributed by atoms with Crippen LogP contribution in [0, 0.1) is 12.7 Å². The Morgan fingerprint density at radius 1 is 1.25 bits per heavy atom. The Morgan fingerprint density at radius 3 is 2.71 bits per heavy atom. The van der Waals surface area contributed by atoms with Gasteiger partial charge < -0.3 is 10.2 Å². The van der Waals surface area contributed by atoms with Gasteiger partial charge >= 0.3 is 0 Å². The molecule has 0 bridgehead atoms. The summed E-state index contributed by atoms with van der Waals surface area (Å²) in [6.45, 7) is 2.47. The smallest absolute Gasteiger partial charge is 0.254 e. The monoisotopic (exact) mass is 326 g/mol. The van der Waals surface area contributed by atoms with E-state index in [0.717, 1.165) is 5.56 Å². The topological polar surface area (TPSA) is 49.4 Å². The molecule has 1 N–H and O–H groups in total. The standard InChI is InChI=1S/C19H19FN2O2/c1-13-7-8-15(12-16(13)20)19(24)22-10-9-21-18(23)17(22)11-14-5-3-2-4-6-14/h2-8,12,17H,9-11H2,1H3,(H,21,23)/t17-/m1/s1. The van der Waals surface area contributed by atoms with Gasteiger partial charge in [-0.05, 0) is 30.2 Å². The van der Waals surface area contributed by atoms with Gasteiger partial charge in [0.15, 0.2) is 0 Å². The summed E-state index contributed by atoms with van der Waals surface area (Å²) >= 11 is 0. The molecule has 1 saturated heterocycles. The summed E-state index contributed by atoms with van der Waals surface area (Å²) in [5.41, 5.74) is 1.74. The van der Waals surface area contributed by atoms with E-state index in [1.165, 1.54) is 11.0 Å². The van der Waals surface area contributed by atoms with Gasteiger partial charge in [0.25, 0.3) is 5.91 Å². The lowest BCUT2D eigenvalue weighted by molar-refractivity contribution is -0.127. The number of hydrogen-bond donors (Lipinski definition) is 1. The van der Waals surface area contributed by atoms with Crippen LogP contribution in [0.1, 0.15) is 21.5 Å². The molecule has 2 aromatic carbocycles. The summed E-state index contributed by atoms with van der Waals surface area (Å²) in [7, 11) is 0. The summed E-state index contributed by atoms with van der Waals surface area (Å²) in [4.78, 5) is 26.6. The Hall–Kier alpha value is -2.69. The predicted molar refractivity (Wildman–Crippen MR) is 89.1 cm³/mol. The highest BCUT2D eigenvalue weighted by Crippen LogP contribution is 2.17. The van der Waals surface area contributed by atoms with Crippen LogP contribution in [-0.4, -0.2) is 35.8 Å². The first-order valence-electron chi connectivity index (χ1n) is 7.95. The third kappa shape index (κ3) is 3.30. The second-order valence-electron chi connectivity index (χ2n) is 5.96. The number of halogens is 1. The fourth-order valence-corrected chi connectivity index (χ4v) is 2.89. The summed E-state index contributed by atoms with van der Waals surface area (Å²) in [5, 5.41) is 2.80. The zero-order valence-electron chi connectivity index (χ0n) is 13.5. The number of carbonyl (C=O) groups excluding carboxylic acids is 2. The Kier molecular flexibility index (Phi) is 4.60. The van der Waals surface area contributed by atoms with Gasteiger partial charge in [-0.1, -0.05) is 36.4 Å². The maximum atomic E-state index is 13.8. The normalized spacial score (nSPS) is 17.5. The maximum Gasteiger partial charge on any atom is 0.254 e. The molecular weight excluding hydrogens is 307 g/mol. The zero-order valence-corrected chi connectivity index (χ0v) is 13.5. The number of nitrogens with one attached hydrogen (secondary N) is 1. The summed E-state index contributed by atoms with van der Waals surface area (Å²) in [6, 6.07) is 13.4. The Bertz CT molecular complexity index is 761. The van der Waals surface area contributed by atoms with Crippen molar-refractivity contribution in [2.45, 2.75) is 19.4 Å². The van der Waals surface area contributed by atoms with E-state index in [9.17, 15) is 14.0 Å². The number of carbonyl (C=O) groups is 2. The number of benzene rings is 2. The van der Waals surface area contributed by atoms with Crippen LogP contribution < -0.4 is 5.32 Å². The third-order valence-electron chi connectivity index (χ3n) is 4.28. The molecule has 2 amide bonds. The molecule has 3 rings (SSSR count). The molecule has 0 spiro atoms. The molecule has 0 radical (unpaired) electrons. The largest absolute Gasteiger partial charge is 0.353 e. The molecule has 0 aliphatic carbocycles. The summed E-state index contributed by atoms with van der Waals surface area (Å²) in [6.07, 6.45) is 0.437. The van der Waals surface area contributed by atoms with Gasteiger partial charge in [0.05, 0.1) is 0 Å². The van der Waals surface area contributed by atoms with Gasteiger partial charge in [-0.15, -0.1) is 0 Å². The first-order chi connectivity index (χ1) is 11.6. The Labute approximate surface area is 140 Å². The van der Waals surface area contributed by atoms with E-state index in [-0.39, 0.29) is 17.4 Å². The van der Waals surface area contributed by atoms with E-state index >= 15 is 0 Å². The molecular formula is C19H19FN2O2. The van der Waals surface area contributed by atoms with Gasteiger partial charge in [0.1, 0.15) is 11.9 Å². The molecule has 5 heteroatoms. The number of nitrogens with zero attached hydrogens (tertiary/aromatic N) is 1. The van der Waals surface area contributed by atoms with E-state index in [2.05, 4.69) is 5.32 Å². The van der Waals surface area contributed by atoms with Crippen molar-refractivity contribution in [3.05, 3.63) is 71.0 Å². The molecule has 1 aliphatic heterocycles. The molecule has 1 aliphatic rings. The van der Waals surface area contributed by atoms with Crippen LogP contribution in [-0.2, 0) is 11.2 Å². The maximum absolute atomic E-state index is 13.8. The van der Waals surface area contributed by atoms with Crippen LogP contribution in [0.3, 0.4) is 0 Å². The summed E-state index contributed by atoms with van der Waals surface area (Å²) in [5.74, 6) is -0.905. The molecule has 2 aromatic rings. The second-order valence-corrected chi connectivity index (χ2v) is 5.96. The van der Waals surface area contributed by atoms with E-state index in [1.54, 1.807) is 19.1 Å². The first kappa shape index (κ1) is 16.2. The van der Waals surface area contributed by atoms with E-state index < -0.39 is 11.9 Å². The molecule has 124 valence electrons. The fraction of sp³-hybridized carbons (Fsp3) is 0.263. The number of piperazine rings is 1. The fourth-order valence-electron chi connectivity index (χ4n) is 2.89. The van der Waals surface area contributed by atoms with Crippen LogP contribution in [0.25, 0.3) is 0 Å². The van der Waals surface area contributed by atoms with Gasteiger partial charge in [-0.25, -0.2) is 4.39 Å². The van der Waals surface area contributed by atoms with Crippen LogP contribution in [0.5, 0.6) is 0 Å².